The van der Waals surface area contributed by atoms with Crippen molar-refractivity contribution >= 4 is 23.2 Å². The Labute approximate surface area is 170 Å². The Morgan fingerprint density at radius 1 is 0.690 bits per heavy atom. The third-order valence-electron chi connectivity index (χ3n) is 4.54. The fourth-order valence-electron chi connectivity index (χ4n) is 2.55. The first-order valence-electron chi connectivity index (χ1n) is 9.37. The third kappa shape index (κ3) is 5.23. The molecular formula is C24H24N2O3. The number of aryl methyl sites for hydroxylation is 1. The molecule has 0 radical (unpaired) electrons. The lowest BCUT2D eigenvalue weighted by atomic mass is 9.90. The van der Waals surface area contributed by atoms with Gasteiger partial charge in [0, 0.05) is 11.4 Å². The highest BCUT2D eigenvalue weighted by Gasteiger charge is 2.36. The quantitative estimate of drug-likeness (QED) is 0.556. The van der Waals surface area contributed by atoms with Gasteiger partial charge in [0.1, 0.15) is 16.9 Å². The van der Waals surface area contributed by atoms with Gasteiger partial charge in [-0.05, 0) is 69.3 Å². The number of ether oxygens (including phenoxy) is 1. The number of benzene rings is 3. The van der Waals surface area contributed by atoms with Crippen LogP contribution in [0.3, 0.4) is 0 Å². The second-order valence-electron chi connectivity index (χ2n) is 7.34. The molecule has 0 heterocycles. The Morgan fingerprint density at radius 3 is 1.66 bits per heavy atom. The summed E-state index contributed by atoms with van der Waals surface area (Å²) in [6, 6.07) is 23.9. The molecule has 0 aliphatic rings. The summed E-state index contributed by atoms with van der Waals surface area (Å²) >= 11 is 0. The zero-order chi connectivity index (χ0) is 20.9. The molecule has 0 unspecified atom stereocenters. The molecule has 0 aliphatic heterocycles. The number of carbonyl (C=O) groups excluding carboxylic acids is 2. The molecule has 0 aliphatic carbocycles. The summed E-state index contributed by atoms with van der Waals surface area (Å²) in [5.41, 5.74) is 1.10. The maximum absolute atomic E-state index is 12.7. The molecule has 29 heavy (non-hydrogen) atoms. The molecule has 0 atom stereocenters. The van der Waals surface area contributed by atoms with Crippen LogP contribution < -0.4 is 15.4 Å². The number of hydrogen-bond acceptors (Lipinski definition) is 3. The lowest BCUT2D eigenvalue weighted by Crippen LogP contribution is -2.41. The van der Waals surface area contributed by atoms with Gasteiger partial charge in [0.05, 0.1) is 0 Å². The van der Waals surface area contributed by atoms with Crippen molar-refractivity contribution in [1.29, 1.82) is 0 Å². The molecule has 2 N–H and O–H groups in total. The topological polar surface area (TPSA) is 67.4 Å². The van der Waals surface area contributed by atoms with Crippen molar-refractivity contribution in [3.05, 3.63) is 84.4 Å². The van der Waals surface area contributed by atoms with Crippen LogP contribution in [0.1, 0.15) is 19.4 Å². The van der Waals surface area contributed by atoms with Gasteiger partial charge in [-0.1, -0.05) is 35.9 Å². The molecule has 0 fully saturated rings. The van der Waals surface area contributed by atoms with Crippen LogP contribution in [0.5, 0.6) is 11.5 Å². The number of carbonyl (C=O) groups is 2. The van der Waals surface area contributed by atoms with Crippen LogP contribution in [0.4, 0.5) is 11.4 Å². The van der Waals surface area contributed by atoms with Crippen LogP contribution >= 0.6 is 0 Å². The Hall–Kier alpha value is -3.60. The standard InChI is InChI=1S/C24H24N2O3/c1-17-9-11-18(12-10-17)25-22(27)24(2,3)23(28)26-19-13-15-21(16-14-19)29-20-7-5-4-6-8-20/h4-16H,1-3H3,(H,25,27)(H,26,28). The van der Waals surface area contributed by atoms with Gasteiger partial charge in [-0.3, -0.25) is 9.59 Å². The predicted octanol–water partition coefficient (Wildman–Crippen LogP) is 5.39. The Morgan fingerprint density at radius 2 is 1.14 bits per heavy atom. The van der Waals surface area contributed by atoms with E-state index in [1.165, 1.54) is 0 Å². The summed E-state index contributed by atoms with van der Waals surface area (Å²) in [6.45, 7) is 5.16. The van der Waals surface area contributed by atoms with Crippen molar-refractivity contribution in [2.45, 2.75) is 20.8 Å². The third-order valence-corrected chi connectivity index (χ3v) is 4.54. The summed E-state index contributed by atoms with van der Waals surface area (Å²) in [5, 5.41) is 5.59. The molecule has 5 heteroatoms. The summed E-state index contributed by atoms with van der Waals surface area (Å²) in [4.78, 5) is 25.3. The minimum atomic E-state index is -1.25. The highest BCUT2D eigenvalue weighted by molar-refractivity contribution is 6.14. The predicted molar refractivity (Wildman–Crippen MR) is 115 cm³/mol. The SMILES string of the molecule is Cc1ccc(NC(=O)C(C)(C)C(=O)Nc2ccc(Oc3ccccc3)cc2)cc1. The maximum Gasteiger partial charge on any atom is 0.239 e. The van der Waals surface area contributed by atoms with Crippen molar-refractivity contribution < 1.29 is 14.3 Å². The lowest BCUT2D eigenvalue weighted by molar-refractivity contribution is -0.135. The van der Waals surface area contributed by atoms with Gasteiger partial charge in [-0.15, -0.1) is 0 Å². The summed E-state index contributed by atoms with van der Waals surface area (Å²) in [5.74, 6) is 0.630. The van der Waals surface area contributed by atoms with Crippen molar-refractivity contribution in [3.8, 4) is 11.5 Å². The van der Waals surface area contributed by atoms with E-state index >= 15 is 0 Å². The average Bonchev–Trinajstić information content (AvgIpc) is 2.72. The first-order chi connectivity index (χ1) is 13.8. The van der Waals surface area contributed by atoms with E-state index in [-0.39, 0.29) is 11.8 Å². The minimum Gasteiger partial charge on any atom is -0.457 e. The maximum atomic E-state index is 12.7. The average molecular weight is 388 g/mol. The Kier molecular flexibility index (Phi) is 5.98. The van der Waals surface area contributed by atoms with Gasteiger partial charge in [0.25, 0.3) is 0 Å². The first kappa shape index (κ1) is 20.1. The van der Waals surface area contributed by atoms with Crippen molar-refractivity contribution in [2.75, 3.05) is 10.6 Å². The molecular weight excluding hydrogens is 364 g/mol. The van der Waals surface area contributed by atoms with E-state index in [0.717, 1.165) is 11.3 Å². The van der Waals surface area contributed by atoms with Crippen LogP contribution in [-0.4, -0.2) is 11.8 Å². The van der Waals surface area contributed by atoms with Gasteiger partial charge in [0.2, 0.25) is 11.8 Å². The van der Waals surface area contributed by atoms with Crippen LogP contribution in [0.2, 0.25) is 0 Å². The van der Waals surface area contributed by atoms with E-state index in [2.05, 4.69) is 10.6 Å². The van der Waals surface area contributed by atoms with Crippen molar-refractivity contribution in [2.24, 2.45) is 5.41 Å². The smallest absolute Gasteiger partial charge is 0.239 e. The second-order valence-corrected chi connectivity index (χ2v) is 7.34. The molecule has 3 rings (SSSR count). The van der Waals surface area contributed by atoms with E-state index in [9.17, 15) is 9.59 Å². The largest absolute Gasteiger partial charge is 0.457 e. The van der Waals surface area contributed by atoms with Crippen molar-refractivity contribution in [3.63, 3.8) is 0 Å². The Balaban J connectivity index is 1.61. The number of amides is 2. The lowest BCUT2D eigenvalue weighted by Gasteiger charge is -2.23. The van der Waals surface area contributed by atoms with E-state index in [1.807, 2.05) is 61.5 Å². The molecule has 5 nitrogen and oxygen atoms in total. The second kappa shape index (κ2) is 8.61. The summed E-state index contributed by atoms with van der Waals surface area (Å²) in [7, 11) is 0. The normalized spacial score (nSPS) is 10.9. The zero-order valence-electron chi connectivity index (χ0n) is 16.7. The molecule has 0 saturated carbocycles. The van der Waals surface area contributed by atoms with Gasteiger partial charge >= 0.3 is 0 Å². The molecule has 0 bridgehead atoms. The monoisotopic (exact) mass is 388 g/mol. The van der Waals surface area contributed by atoms with E-state index in [0.29, 0.717) is 17.1 Å². The van der Waals surface area contributed by atoms with E-state index in [1.54, 1.807) is 38.1 Å². The Bertz CT molecular complexity index is 979. The fourth-order valence-corrected chi connectivity index (χ4v) is 2.55. The number of para-hydroxylation sites is 1. The number of rotatable bonds is 6. The highest BCUT2D eigenvalue weighted by Crippen LogP contribution is 2.25. The minimum absolute atomic E-state index is 0.372. The van der Waals surface area contributed by atoms with Crippen molar-refractivity contribution in [1.82, 2.24) is 0 Å². The van der Waals surface area contributed by atoms with E-state index in [4.69, 9.17) is 4.74 Å². The molecule has 3 aromatic carbocycles. The van der Waals surface area contributed by atoms with Gasteiger partial charge in [-0.2, -0.15) is 0 Å². The first-order valence-corrected chi connectivity index (χ1v) is 9.37. The van der Waals surface area contributed by atoms with Gasteiger partial charge in [0.15, 0.2) is 0 Å². The molecule has 0 spiro atoms. The molecule has 148 valence electrons. The number of hydrogen-bond donors (Lipinski definition) is 2. The molecule has 3 aromatic rings. The van der Waals surface area contributed by atoms with E-state index < -0.39 is 5.41 Å². The summed E-state index contributed by atoms with van der Waals surface area (Å²) < 4.78 is 5.74. The number of nitrogens with one attached hydrogen (secondary N) is 2. The fraction of sp³-hybridized carbons (Fsp3) is 0.167. The van der Waals surface area contributed by atoms with Crippen LogP contribution in [0.25, 0.3) is 0 Å². The van der Waals surface area contributed by atoms with Crippen LogP contribution in [0.15, 0.2) is 78.9 Å². The van der Waals surface area contributed by atoms with Crippen LogP contribution in [-0.2, 0) is 9.59 Å². The summed E-state index contributed by atoms with van der Waals surface area (Å²) in [6.07, 6.45) is 0. The highest BCUT2D eigenvalue weighted by atomic mass is 16.5. The van der Waals surface area contributed by atoms with Gasteiger partial charge < -0.3 is 15.4 Å². The molecule has 2 amide bonds. The number of anilines is 2. The zero-order valence-corrected chi connectivity index (χ0v) is 16.7. The van der Waals surface area contributed by atoms with Crippen LogP contribution in [0, 0.1) is 12.3 Å². The molecule has 0 aromatic heterocycles. The molecule has 0 saturated heterocycles. The van der Waals surface area contributed by atoms with Gasteiger partial charge in [-0.25, -0.2) is 0 Å².